The van der Waals surface area contributed by atoms with Gasteiger partial charge < -0.3 is 9.47 Å². The van der Waals surface area contributed by atoms with Gasteiger partial charge in [0.05, 0.1) is 26.1 Å². The third kappa shape index (κ3) is 2.74. The summed E-state index contributed by atoms with van der Waals surface area (Å²) in [5.41, 5.74) is -0.804. The normalized spacial score (nSPS) is 11.8. The number of hydrogen-bond donors (Lipinski definition) is 0. The van der Waals surface area contributed by atoms with Gasteiger partial charge in [-0.3, -0.25) is 9.59 Å². The second-order valence-electron chi connectivity index (χ2n) is 4.59. The Labute approximate surface area is 97.3 Å². The molecule has 0 aliphatic rings. The molecule has 0 aromatic carbocycles. The summed E-state index contributed by atoms with van der Waals surface area (Å²) < 4.78 is 9.49. The van der Waals surface area contributed by atoms with Crippen molar-refractivity contribution in [2.75, 3.05) is 14.2 Å². The molecule has 0 heterocycles. The predicted octanol–water partition coefficient (Wildman–Crippen LogP) is 2.02. The maximum atomic E-state index is 11.9. The van der Waals surface area contributed by atoms with Crippen molar-refractivity contribution in [3.8, 4) is 0 Å². The van der Waals surface area contributed by atoms with E-state index in [0.29, 0.717) is 0 Å². The molecular weight excluding hydrogens is 208 g/mol. The van der Waals surface area contributed by atoms with E-state index in [1.165, 1.54) is 14.2 Å². The Bertz CT molecular complexity index is 248. The molecular formula is C12H22O4. The van der Waals surface area contributed by atoms with E-state index < -0.39 is 5.41 Å². The van der Waals surface area contributed by atoms with Crippen molar-refractivity contribution in [3.63, 3.8) is 0 Å². The number of methoxy groups -OCH3 is 2. The van der Waals surface area contributed by atoms with Crippen LogP contribution in [0.15, 0.2) is 0 Å². The van der Waals surface area contributed by atoms with Gasteiger partial charge in [0.15, 0.2) is 0 Å². The van der Waals surface area contributed by atoms with E-state index in [2.05, 4.69) is 4.74 Å². The molecule has 0 radical (unpaired) electrons. The number of rotatable bonds is 5. The summed E-state index contributed by atoms with van der Waals surface area (Å²) >= 11 is 0. The summed E-state index contributed by atoms with van der Waals surface area (Å²) in [5, 5.41) is 0. The molecule has 0 aliphatic carbocycles. The van der Waals surface area contributed by atoms with Gasteiger partial charge in [0.25, 0.3) is 0 Å². The lowest BCUT2D eigenvalue weighted by atomic mass is 9.66. The molecule has 4 heteroatoms. The number of esters is 2. The van der Waals surface area contributed by atoms with E-state index in [-0.39, 0.29) is 30.2 Å². The molecule has 16 heavy (non-hydrogen) atoms. The van der Waals surface area contributed by atoms with Crippen LogP contribution in [0.4, 0.5) is 0 Å². The van der Waals surface area contributed by atoms with Crippen molar-refractivity contribution in [1.82, 2.24) is 0 Å². The smallest absolute Gasteiger partial charge is 0.312 e. The molecule has 0 bridgehead atoms. The summed E-state index contributed by atoms with van der Waals surface area (Å²) in [7, 11) is 2.67. The average Bonchev–Trinajstić information content (AvgIpc) is 2.23. The first kappa shape index (κ1) is 14.9. The molecule has 0 aromatic rings. The van der Waals surface area contributed by atoms with Gasteiger partial charge in [-0.15, -0.1) is 0 Å². The van der Waals surface area contributed by atoms with Crippen LogP contribution in [0.3, 0.4) is 0 Å². The zero-order valence-corrected chi connectivity index (χ0v) is 11.0. The fourth-order valence-corrected chi connectivity index (χ4v) is 2.12. The van der Waals surface area contributed by atoms with Gasteiger partial charge in [0, 0.05) is 0 Å². The van der Waals surface area contributed by atoms with Gasteiger partial charge in [-0.2, -0.15) is 0 Å². The summed E-state index contributed by atoms with van der Waals surface area (Å²) in [5.74, 6) is -0.700. The summed E-state index contributed by atoms with van der Waals surface area (Å²) in [4.78, 5) is 23.4. The van der Waals surface area contributed by atoms with Crippen LogP contribution in [0.1, 0.15) is 34.1 Å². The molecule has 0 spiro atoms. The van der Waals surface area contributed by atoms with Crippen molar-refractivity contribution in [2.24, 2.45) is 17.3 Å². The lowest BCUT2D eigenvalue weighted by Crippen LogP contribution is -2.44. The van der Waals surface area contributed by atoms with Gasteiger partial charge in [-0.25, -0.2) is 0 Å². The monoisotopic (exact) mass is 230 g/mol. The third-order valence-electron chi connectivity index (χ3n) is 3.29. The molecule has 0 amide bonds. The van der Waals surface area contributed by atoms with E-state index in [1.807, 2.05) is 27.7 Å². The van der Waals surface area contributed by atoms with Crippen LogP contribution in [-0.4, -0.2) is 26.2 Å². The number of ether oxygens (including phenoxy) is 2. The molecule has 0 fully saturated rings. The van der Waals surface area contributed by atoms with Crippen molar-refractivity contribution in [2.45, 2.75) is 34.1 Å². The molecule has 0 atom stereocenters. The highest BCUT2D eigenvalue weighted by atomic mass is 16.5. The van der Waals surface area contributed by atoms with E-state index in [0.717, 1.165) is 0 Å². The maximum absolute atomic E-state index is 11.9. The molecule has 0 N–H and O–H groups in total. The lowest BCUT2D eigenvalue weighted by molar-refractivity contribution is -0.166. The summed E-state index contributed by atoms with van der Waals surface area (Å²) in [6.07, 6.45) is 0.0610. The molecule has 0 saturated heterocycles. The van der Waals surface area contributed by atoms with E-state index in [4.69, 9.17) is 4.74 Å². The Balaban J connectivity index is 5.27. The first-order valence-electron chi connectivity index (χ1n) is 5.48. The minimum atomic E-state index is -0.804. The molecule has 0 rings (SSSR count). The Morgan fingerprint density at radius 1 is 1.00 bits per heavy atom. The molecule has 0 saturated carbocycles. The van der Waals surface area contributed by atoms with Crippen LogP contribution < -0.4 is 0 Å². The Kier molecular flexibility index (Phi) is 5.48. The first-order chi connectivity index (χ1) is 7.32. The van der Waals surface area contributed by atoms with Gasteiger partial charge in [0.1, 0.15) is 0 Å². The largest absolute Gasteiger partial charge is 0.469 e. The molecule has 94 valence electrons. The third-order valence-corrected chi connectivity index (χ3v) is 3.29. The van der Waals surface area contributed by atoms with Crippen LogP contribution in [-0.2, 0) is 19.1 Å². The number of hydrogen-bond acceptors (Lipinski definition) is 4. The predicted molar refractivity (Wildman–Crippen MR) is 60.8 cm³/mol. The van der Waals surface area contributed by atoms with Gasteiger partial charge >= 0.3 is 11.9 Å². The minimum Gasteiger partial charge on any atom is -0.469 e. The highest BCUT2D eigenvalue weighted by Crippen LogP contribution is 2.40. The van der Waals surface area contributed by atoms with E-state index in [9.17, 15) is 9.59 Å². The Morgan fingerprint density at radius 3 is 1.69 bits per heavy atom. The van der Waals surface area contributed by atoms with Crippen molar-refractivity contribution < 1.29 is 19.1 Å². The quantitative estimate of drug-likeness (QED) is 0.678. The minimum absolute atomic E-state index is 0.0130. The second kappa shape index (κ2) is 5.87. The average molecular weight is 230 g/mol. The van der Waals surface area contributed by atoms with E-state index in [1.54, 1.807) is 0 Å². The van der Waals surface area contributed by atoms with Crippen molar-refractivity contribution in [1.29, 1.82) is 0 Å². The van der Waals surface area contributed by atoms with Crippen LogP contribution in [0.5, 0.6) is 0 Å². The van der Waals surface area contributed by atoms with Crippen molar-refractivity contribution in [3.05, 3.63) is 0 Å². The highest BCUT2D eigenvalue weighted by Gasteiger charge is 2.47. The summed E-state index contributed by atoms with van der Waals surface area (Å²) in [6, 6.07) is 0. The summed E-state index contributed by atoms with van der Waals surface area (Å²) in [6.45, 7) is 7.67. The van der Waals surface area contributed by atoms with Gasteiger partial charge in [-0.1, -0.05) is 27.7 Å². The topological polar surface area (TPSA) is 52.6 Å². The van der Waals surface area contributed by atoms with Crippen LogP contribution >= 0.6 is 0 Å². The fraction of sp³-hybridized carbons (Fsp3) is 0.833. The molecule has 0 aromatic heterocycles. The van der Waals surface area contributed by atoms with Crippen LogP contribution in [0.2, 0.25) is 0 Å². The Hall–Kier alpha value is -1.06. The first-order valence-corrected chi connectivity index (χ1v) is 5.48. The standard InChI is InChI=1S/C12H22O4/c1-8(2)12(9(3)4,11(14)16-6)7-10(13)15-5/h8-9H,7H2,1-6H3. The molecule has 0 unspecified atom stereocenters. The fourth-order valence-electron chi connectivity index (χ4n) is 2.12. The number of carbonyl (C=O) groups is 2. The Morgan fingerprint density at radius 2 is 1.44 bits per heavy atom. The van der Waals surface area contributed by atoms with Crippen molar-refractivity contribution >= 4 is 11.9 Å². The molecule has 0 aliphatic heterocycles. The zero-order chi connectivity index (χ0) is 12.9. The molecule has 4 nitrogen and oxygen atoms in total. The zero-order valence-electron chi connectivity index (χ0n) is 11.0. The highest BCUT2D eigenvalue weighted by molar-refractivity contribution is 5.84. The SMILES string of the molecule is COC(=O)CC(C(=O)OC)(C(C)C)C(C)C. The van der Waals surface area contributed by atoms with Crippen LogP contribution in [0, 0.1) is 17.3 Å². The van der Waals surface area contributed by atoms with Crippen LogP contribution in [0.25, 0.3) is 0 Å². The number of carbonyl (C=O) groups excluding carboxylic acids is 2. The second-order valence-corrected chi connectivity index (χ2v) is 4.59. The lowest BCUT2D eigenvalue weighted by Gasteiger charge is -2.37. The van der Waals surface area contributed by atoms with Gasteiger partial charge in [-0.05, 0) is 11.8 Å². The maximum Gasteiger partial charge on any atom is 0.312 e. The van der Waals surface area contributed by atoms with E-state index >= 15 is 0 Å². The van der Waals surface area contributed by atoms with Gasteiger partial charge in [0.2, 0.25) is 0 Å².